The van der Waals surface area contributed by atoms with Crippen molar-refractivity contribution >= 4 is 39.2 Å². The molecule has 0 aromatic carbocycles. The predicted octanol–water partition coefficient (Wildman–Crippen LogP) is 3.00. The van der Waals surface area contributed by atoms with Crippen LogP contribution in [0.2, 0.25) is 0 Å². The normalized spacial score (nSPS) is 12.8. The first-order valence-electron chi connectivity index (χ1n) is 7.67. The number of nitrogens with one attached hydrogen (secondary N) is 2. The van der Waals surface area contributed by atoms with E-state index in [1.54, 1.807) is 0 Å². The maximum absolute atomic E-state index is 12.2. The Hall–Kier alpha value is -1.34. The second kappa shape index (κ2) is 7.49. The van der Waals surface area contributed by atoms with Crippen LogP contribution in [-0.2, 0) is 10.5 Å². The molecule has 2 rings (SSSR count). The van der Waals surface area contributed by atoms with Crippen molar-refractivity contribution in [3.8, 4) is 0 Å². The van der Waals surface area contributed by atoms with Gasteiger partial charge < -0.3 is 10.3 Å². The zero-order valence-corrected chi connectivity index (χ0v) is 15.8. The molecule has 0 unspecified atom stereocenters. The average Bonchev–Trinajstić information content (AvgIpc) is 2.77. The molecule has 0 saturated heterocycles. The third-order valence-electron chi connectivity index (χ3n) is 3.61. The molecule has 0 aliphatic heterocycles. The number of aromatic amines is 1. The van der Waals surface area contributed by atoms with Crippen LogP contribution >= 0.6 is 23.1 Å². The summed E-state index contributed by atoms with van der Waals surface area (Å²) in [4.78, 5) is 33.4. The number of carbonyl (C=O) groups is 1. The van der Waals surface area contributed by atoms with Gasteiger partial charge in [-0.05, 0) is 32.3 Å². The number of rotatable bonds is 6. The zero-order chi connectivity index (χ0) is 17.1. The Morgan fingerprint density at radius 2 is 2.04 bits per heavy atom. The van der Waals surface area contributed by atoms with Gasteiger partial charge in [-0.15, -0.1) is 23.1 Å². The van der Waals surface area contributed by atoms with E-state index in [9.17, 15) is 9.59 Å². The lowest BCUT2D eigenvalue weighted by molar-refractivity contribution is -0.120. The quantitative estimate of drug-likeness (QED) is 0.837. The van der Waals surface area contributed by atoms with Crippen molar-refractivity contribution in [1.82, 2.24) is 15.3 Å². The standard InChI is InChI=1S/C16H23N3O2S2/c1-8(2)6-17-14(20)11(5)22-7-12-18-15(21)13-9(3)10(4)23-16(13)19-12/h8,11H,6-7H2,1-5H3,(H,17,20)(H,18,19,21)/t11-/m1/s1. The zero-order valence-electron chi connectivity index (χ0n) is 14.1. The minimum atomic E-state index is -0.179. The lowest BCUT2D eigenvalue weighted by Crippen LogP contribution is -2.33. The molecule has 0 saturated carbocycles. The molecule has 2 aromatic rings. The van der Waals surface area contributed by atoms with E-state index in [-0.39, 0.29) is 16.7 Å². The van der Waals surface area contributed by atoms with E-state index in [1.807, 2.05) is 20.8 Å². The molecule has 0 radical (unpaired) electrons. The summed E-state index contributed by atoms with van der Waals surface area (Å²) < 4.78 is 0. The van der Waals surface area contributed by atoms with Crippen molar-refractivity contribution in [2.24, 2.45) is 5.92 Å². The molecule has 0 bridgehead atoms. The van der Waals surface area contributed by atoms with Gasteiger partial charge in [0.25, 0.3) is 5.56 Å². The maximum Gasteiger partial charge on any atom is 0.259 e. The summed E-state index contributed by atoms with van der Waals surface area (Å²) >= 11 is 3.02. The Kier molecular flexibility index (Phi) is 5.86. The van der Waals surface area contributed by atoms with Gasteiger partial charge >= 0.3 is 0 Å². The molecular formula is C16H23N3O2S2. The molecule has 126 valence electrons. The lowest BCUT2D eigenvalue weighted by atomic mass is 10.2. The van der Waals surface area contributed by atoms with Gasteiger partial charge in [0.1, 0.15) is 10.7 Å². The highest BCUT2D eigenvalue weighted by Crippen LogP contribution is 2.26. The van der Waals surface area contributed by atoms with Crippen LogP contribution in [0.3, 0.4) is 0 Å². The van der Waals surface area contributed by atoms with E-state index in [0.29, 0.717) is 29.4 Å². The molecular weight excluding hydrogens is 330 g/mol. The second-order valence-electron chi connectivity index (χ2n) is 6.07. The van der Waals surface area contributed by atoms with Crippen LogP contribution in [0, 0.1) is 19.8 Å². The molecule has 0 fully saturated rings. The molecule has 2 heterocycles. The summed E-state index contributed by atoms with van der Waals surface area (Å²) in [5.41, 5.74) is 0.906. The van der Waals surface area contributed by atoms with Gasteiger partial charge in [0.15, 0.2) is 0 Å². The highest BCUT2D eigenvalue weighted by atomic mass is 32.2. The summed E-state index contributed by atoms with van der Waals surface area (Å²) in [5, 5.41) is 3.43. The van der Waals surface area contributed by atoms with Crippen molar-refractivity contribution < 1.29 is 4.79 Å². The number of hydrogen-bond acceptors (Lipinski definition) is 5. The number of hydrogen-bond donors (Lipinski definition) is 2. The van der Waals surface area contributed by atoms with E-state index >= 15 is 0 Å². The first-order valence-corrected chi connectivity index (χ1v) is 9.54. The Balaban J connectivity index is 2.05. The fourth-order valence-corrected chi connectivity index (χ4v) is 3.92. The van der Waals surface area contributed by atoms with Crippen molar-refractivity contribution in [2.45, 2.75) is 45.6 Å². The van der Waals surface area contributed by atoms with Crippen LogP contribution in [0.5, 0.6) is 0 Å². The predicted molar refractivity (Wildman–Crippen MR) is 98.3 cm³/mol. The fraction of sp³-hybridized carbons (Fsp3) is 0.562. The Morgan fingerprint density at radius 3 is 2.70 bits per heavy atom. The third-order valence-corrected chi connectivity index (χ3v) is 5.87. The van der Waals surface area contributed by atoms with Crippen LogP contribution in [0.4, 0.5) is 0 Å². The smallest absolute Gasteiger partial charge is 0.259 e. The van der Waals surface area contributed by atoms with Gasteiger partial charge in [-0.2, -0.15) is 0 Å². The molecule has 0 aliphatic rings. The first kappa shape index (κ1) is 18.0. The summed E-state index contributed by atoms with van der Waals surface area (Å²) in [6.45, 7) is 10.6. The summed E-state index contributed by atoms with van der Waals surface area (Å²) in [6.07, 6.45) is 0. The molecule has 2 aromatic heterocycles. The lowest BCUT2D eigenvalue weighted by Gasteiger charge is -2.13. The number of thiophene rings is 1. The first-order chi connectivity index (χ1) is 10.8. The summed E-state index contributed by atoms with van der Waals surface area (Å²) in [7, 11) is 0. The van der Waals surface area contributed by atoms with Gasteiger partial charge in [-0.1, -0.05) is 13.8 Å². The number of amides is 1. The van der Waals surface area contributed by atoms with E-state index in [1.165, 1.54) is 23.1 Å². The molecule has 23 heavy (non-hydrogen) atoms. The second-order valence-corrected chi connectivity index (χ2v) is 8.60. The van der Waals surface area contributed by atoms with Crippen LogP contribution in [0.1, 0.15) is 37.0 Å². The van der Waals surface area contributed by atoms with Gasteiger partial charge in [0.2, 0.25) is 5.91 Å². The minimum absolute atomic E-state index is 0.0231. The van der Waals surface area contributed by atoms with Crippen LogP contribution in [-0.4, -0.2) is 27.7 Å². The summed E-state index contributed by atoms with van der Waals surface area (Å²) in [6, 6.07) is 0. The minimum Gasteiger partial charge on any atom is -0.355 e. The third kappa shape index (κ3) is 4.35. The Labute approximate surface area is 144 Å². The topological polar surface area (TPSA) is 74.8 Å². The van der Waals surface area contributed by atoms with Crippen molar-refractivity contribution in [3.63, 3.8) is 0 Å². The Bertz CT molecular complexity index is 765. The number of H-pyrrole nitrogens is 1. The van der Waals surface area contributed by atoms with Crippen LogP contribution in [0.25, 0.3) is 10.2 Å². The molecule has 0 spiro atoms. The van der Waals surface area contributed by atoms with Gasteiger partial charge in [-0.3, -0.25) is 9.59 Å². The van der Waals surface area contributed by atoms with Crippen molar-refractivity contribution in [3.05, 3.63) is 26.6 Å². The van der Waals surface area contributed by atoms with E-state index in [0.717, 1.165) is 15.3 Å². The number of thioether (sulfide) groups is 1. The highest BCUT2D eigenvalue weighted by molar-refractivity contribution is 7.99. The maximum atomic E-state index is 12.2. The molecule has 5 nitrogen and oxygen atoms in total. The SMILES string of the molecule is Cc1sc2nc(CS[C@H](C)C(=O)NCC(C)C)[nH]c(=O)c2c1C. The monoisotopic (exact) mass is 353 g/mol. The van der Waals surface area contributed by atoms with Crippen LogP contribution in [0.15, 0.2) is 4.79 Å². The summed E-state index contributed by atoms with van der Waals surface area (Å²) in [5.74, 6) is 1.59. The number of aryl methyl sites for hydroxylation is 2. The number of nitrogens with zero attached hydrogens (tertiary/aromatic N) is 1. The fourth-order valence-electron chi connectivity index (χ4n) is 2.10. The van der Waals surface area contributed by atoms with E-state index in [2.05, 4.69) is 29.1 Å². The van der Waals surface area contributed by atoms with Crippen molar-refractivity contribution in [2.75, 3.05) is 6.54 Å². The molecule has 2 N–H and O–H groups in total. The Morgan fingerprint density at radius 1 is 1.35 bits per heavy atom. The van der Waals surface area contributed by atoms with E-state index in [4.69, 9.17) is 0 Å². The number of fused-ring (bicyclic) bond motifs is 1. The average molecular weight is 354 g/mol. The molecule has 1 amide bonds. The van der Waals surface area contributed by atoms with E-state index < -0.39 is 0 Å². The largest absolute Gasteiger partial charge is 0.355 e. The van der Waals surface area contributed by atoms with Crippen LogP contribution < -0.4 is 10.9 Å². The van der Waals surface area contributed by atoms with Gasteiger partial charge in [0, 0.05) is 11.4 Å². The molecule has 7 heteroatoms. The van der Waals surface area contributed by atoms with Gasteiger partial charge in [-0.25, -0.2) is 4.98 Å². The number of aromatic nitrogens is 2. The van der Waals surface area contributed by atoms with Crippen molar-refractivity contribution in [1.29, 1.82) is 0 Å². The molecule has 0 aliphatic carbocycles. The highest BCUT2D eigenvalue weighted by Gasteiger charge is 2.16. The van der Waals surface area contributed by atoms with Gasteiger partial charge in [0.05, 0.1) is 16.4 Å². The molecule has 1 atom stereocenters. The number of carbonyl (C=O) groups excluding carboxylic acids is 1.